The number of alkyl halides is 2. The minimum Gasteiger partial charge on any atom is -0.388 e. The number of halogens is 2. The summed E-state index contributed by atoms with van der Waals surface area (Å²) < 4.78 is 26.2. The van der Waals surface area contributed by atoms with E-state index in [9.17, 15) is 13.9 Å². The highest BCUT2D eigenvalue weighted by atomic mass is 19.3. The molecule has 1 aliphatic carbocycles. The van der Waals surface area contributed by atoms with E-state index in [-0.39, 0.29) is 18.8 Å². The minimum atomic E-state index is -2.52. The Hall–Kier alpha value is -0.960. The van der Waals surface area contributed by atoms with Gasteiger partial charge in [0, 0.05) is 12.8 Å². The fourth-order valence-corrected chi connectivity index (χ4v) is 2.90. The Balaban J connectivity index is 2.01. The van der Waals surface area contributed by atoms with Crippen LogP contribution in [0.5, 0.6) is 0 Å². The lowest BCUT2D eigenvalue weighted by Gasteiger charge is -2.17. The number of hydrogen-bond acceptors (Lipinski definition) is 1. The largest absolute Gasteiger partial charge is 0.388 e. The second-order valence-electron chi connectivity index (χ2n) is 5.64. The maximum absolute atomic E-state index is 13.1. The first-order chi connectivity index (χ1) is 8.35. The summed E-state index contributed by atoms with van der Waals surface area (Å²) >= 11 is 0. The summed E-state index contributed by atoms with van der Waals surface area (Å²) in [6, 6.07) is 5.91. The SMILES string of the molecule is Cc1cc(C)cc(C(O)CC2CCC(F)(F)C2)c1. The molecule has 1 saturated carbocycles. The second-order valence-corrected chi connectivity index (χ2v) is 5.64. The van der Waals surface area contributed by atoms with Crippen molar-refractivity contribution in [2.24, 2.45) is 5.92 Å². The van der Waals surface area contributed by atoms with Gasteiger partial charge in [0.1, 0.15) is 0 Å². The van der Waals surface area contributed by atoms with Gasteiger partial charge in [-0.25, -0.2) is 8.78 Å². The third kappa shape index (κ3) is 3.29. The summed E-state index contributed by atoms with van der Waals surface area (Å²) in [5.74, 6) is -2.58. The van der Waals surface area contributed by atoms with E-state index in [0.717, 1.165) is 16.7 Å². The second kappa shape index (κ2) is 4.96. The van der Waals surface area contributed by atoms with Gasteiger partial charge in [-0.15, -0.1) is 0 Å². The third-order valence-corrected chi connectivity index (χ3v) is 3.69. The van der Waals surface area contributed by atoms with Crippen molar-refractivity contribution in [3.05, 3.63) is 34.9 Å². The van der Waals surface area contributed by atoms with E-state index in [2.05, 4.69) is 0 Å². The summed E-state index contributed by atoms with van der Waals surface area (Å²) in [6.45, 7) is 3.96. The summed E-state index contributed by atoms with van der Waals surface area (Å²) in [5, 5.41) is 10.2. The number of benzene rings is 1. The highest BCUT2D eigenvalue weighted by molar-refractivity contribution is 5.29. The molecule has 2 rings (SSSR count). The van der Waals surface area contributed by atoms with Gasteiger partial charge in [0.25, 0.3) is 0 Å². The maximum atomic E-state index is 13.1. The van der Waals surface area contributed by atoms with Crippen molar-refractivity contribution in [1.29, 1.82) is 0 Å². The molecule has 0 radical (unpaired) electrons. The van der Waals surface area contributed by atoms with Crippen molar-refractivity contribution in [1.82, 2.24) is 0 Å². The van der Waals surface area contributed by atoms with Crippen LogP contribution in [0.15, 0.2) is 18.2 Å². The van der Waals surface area contributed by atoms with Crippen LogP contribution in [-0.4, -0.2) is 11.0 Å². The molecule has 0 amide bonds. The standard InChI is InChI=1S/C15H20F2O/c1-10-5-11(2)7-13(6-10)14(18)8-12-3-4-15(16,17)9-12/h5-7,12,14,18H,3-4,8-9H2,1-2H3. The van der Waals surface area contributed by atoms with E-state index < -0.39 is 12.0 Å². The zero-order valence-corrected chi connectivity index (χ0v) is 10.9. The normalized spacial score (nSPS) is 24.2. The fourth-order valence-electron chi connectivity index (χ4n) is 2.90. The van der Waals surface area contributed by atoms with Gasteiger partial charge < -0.3 is 5.11 Å². The van der Waals surface area contributed by atoms with Crippen molar-refractivity contribution in [2.45, 2.75) is 51.6 Å². The van der Waals surface area contributed by atoms with Crippen LogP contribution >= 0.6 is 0 Å². The number of aliphatic hydroxyl groups excluding tert-OH is 1. The quantitative estimate of drug-likeness (QED) is 0.858. The van der Waals surface area contributed by atoms with E-state index in [4.69, 9.17) is 0 Å². The lowest BCUT2D eigenvalue weighted by molar-refractivity contribution is 0.00254. The molecule has 0 saturated heterocycles. The summed E-state index contributed by atoms with van der Waals surface area (Å²) in [7, 11) is 0. The molecule has 1 nitrogen and oxygen atoms in total. The molecule has 1 aromatic rings. The van der Waals surface area contributed by atoms with E-state index in [1.54, 1.807) is 0 Å². The average Bonchev–Trinajstić information content (AvgIpc) is 2.56. The van der Waals surface area contributed by atoms with Crippen molar-refractivity contribution in [2.75, 3.05) is 0 Å². The first-order valence-corrected chi connectivity index (χ1v) is 6.50. The molecule has 1 aromatic carbocycles. The Labute approximate surface area is 107 Å². The van der Waals surface area contributed by atoms with Crippen molar-refractivity contribution in [3.8, 4) is 0 Å². The number of rotatable bonds is 3. The van der Waals surface area contributed by atoms with Gasteiger partial charge in [0.15, 0.2) is 0 Å². The molecule has 0 heterocycles. The van der Waals surface area contributed by atoms with Gasteiger partial charge in [-0.2, -0.15) is 0 Å². The zero-order chi connectivity index (χ0) is 13.3. The van der Waals surface area contributed by atoms with Crippen LogP contribution in [0.25, 0.3) is 0 Å². The van der Waals surface area contributed by atoms with Crippen LogP contribution in [0.2, 0.25) is 0 Å². The van der Waals surface area contributed by atoms with Crippen LogP contribution in [0, 0.1) is 19.8 Å². The monoisotopic (exact) mass is 254 g/mol. The Morgan fingerprint density at radius 2 is 1.89 bits per heavy atom. The molecule has 0 aromatic heterocycles. The van der Waals surface area contributed by atoms with Crippen LogP contribution in [-0.2, 0) is 0 Å². The number of aliphatic hydroxyl groups is 1. The Morgan fingerprint density at radius 1 is 1.28 bits per heavy atom. The molecule has 0 spiro atoms. The molecular weight excluding hydrogens is 234 g/mol. The Morgan fingerprint density at radius 3 is 2.39 bits per heavy atom. The summed E-state index contributed by atoms with van der Waals surface area (Å²) in [6.07, 6.45) is 0.238. The Bertz CT molecular complexity index is 408. The number of aryl methyl sites for hydroxylation is 2. The molecule has 1 fully saturated rings. The van der Waals surface area contributed by atoms with E-state index in [1.165, 1.54) is 0 Å². The predicted octanol–water partition coefficient (Wildman–Crippen LogP) is 4.16. The first kappa shape index (κ1) is 13.5. The summed E-state index contributed by atoms with van der Waals surface area (Å²) in [4.78, 5) is 0. The first-order valence-electron chi connectivity index (χ1n) is 6.50. The highest BCUT2D eigenvalue weighted by Crippen LogP contribution is 2.42. The maximum Gasteiger partial charge on any atom is 0.248 e. The van der Waals surface area contributed by atoms with Crippen LogP contribution in [0.4, 0.5) is 8.78 Å². The van der Waals surface area contributed by atoms with Crippen molar-refractivity contribution >= 4 is 0 Å². The van der Waals surface area contributed by atoms with Gasteiger partial charge in [-0.05, 0) is 38.2 Å². The highest BCUT2D eigenvalue weighted by Gasteiger charge is 2.39. The molecule has 3 heteroatoms. The predicted molar refractivity (Wildman–Crippen MR) is 67.8 cm³/mol. The molecule has 1 N–H and O–H groups in total. The van der Waals surface area contributed by atoms with Crippen LogP contribution in [0.1, 0.15) is 48.5 Å². The molecule has 2 unspecified atom stereocenters. The zero-order valence-electron chi connectivity index (χ0n) is 10.9. The number of hydrogen-bond donors (Lipinski definition) is 1. The van der Waals surface area contributed by atoms with Gasteiger partial charge in [-0.1, -0.05) is 29.3 Å². The topological polar surface area (TPSA) is 20.2 Å². The van der Waals surface area contributed by atoms with E-state index in [0.29, 0.717) is 12.8 Å². The van der Waals surface area contributed by atoms with Gasteiger partial charge in [0.2, 0.25) is 5.92 Å². The molecule has 0 aliphatic heterocycles. The molecule has 100 valence electrons. The van der Waals surface area contributed by atoms with Crippen molar-refractivity contribution in [3.63, 3.8) is 0 Å². The fraction of sp³-hybridized carbons (Fsp3) is 0.600. The molecule has 18 heavy (non-hydrogen) atoms. The minimum absolute atomic E-state index is 0.0305. The van der Waals surface area contributed by atoms with Crippen LogP contribution < -0.4 is 0 Å². The van der Waals surface area contributed by atoms with Gasteiger partial charge >= 0.3 is 0 Å². The van der Waals surface area contributed by atoms with Crippen molar-refractivity contribution < 1.29 is 13.9 Å². The Kier molecular flexibility index (Phi) is 3.71. The molecule has 1 aliphatic rings. The molecular formula is C15H20F2O. The summed E-state index contributed by atoms with van der Waals surface area (Å²) in [5.41, 5.74) is 3.05. The lowest BCUT2D eigenvalue weighted by Crippen LogP contribution is -2.11. The third-order valence-electron chi connectivity index (χ3n) is 3.69. The van der Waals surface area contributed by atoms with Gasteiger partial charge in [0.05, 0.1) is 6.10 Å². The van der Waals surface area contributed by atoms with E-state index >= 15 is 0 Å². The lowest BCUT2D eigenvalue weighted by atomic mass is 9.94. The molecule has 2 atom stereocenters. The smallest absolute Gasteiger partial charge is 0.248 e. The van der Waals surface area contributed by atoms with E-state index in [1.807, 2.05) is 32.0 Å². The van der Waals surface area contributed by atoms with Gasteiger partial charge in [-0.3, -0.25) is 0 Å². The average molecular weight is 254 g/mol. The molecule has 0 bridgehead atoms. The van der Waals surface area contributed by atoms with Crippen LogP contribution in [0.3, 0.4) is 0 Å².